The summed E-state index contributed by atoms with van der Waals surface area (Å²) in [7, 11) is 0. The van der Waals surface area contributed by atoms with Crippen molar-refractivity contribution in [1.82, 2.24) is 4.98 Å². The molecule has 0 atom stereocenters. The summed E-state index contributed by atoms with van der Waals surface area (Å²) in [4.78, 5) is 4.44. The van der Waals surface area contributed by atoms with E-state index in [1.165, 1.54) is 11.1 Å². The van der Waals surface area contributed by atoms with Crippen molar-refractivity contribution in [3.8, 4) is 5.75 Å². The smallest absolute Gasteiger partial charge is 0.130 e. The molecular formula is C16H20N2O. The SMILES string of the molecule is Cc1ccc(C)c(OCc2cccc(CN)n2)c1C. The van der Waals surface area contributed by atoms with Crippen molar-refractivity contribution in [3.63, 3.8) is 0 Å². The molecule has 2 N–H and O–H groups in total. The van der Waals surface area contributed by atoms with Crippen molar-refractivity contribution >= 4 is 0 Å². The Labute approximate surface area is 114 Å². The van der Waals surface area contributed by atoms with Gasteiger partial charge in [0.15, 0.2) is 0 Å². The van der Waals surface area contributed by atoms with E-state index in [1.54, 1.807) is 0 Å². The highest BCUT2D eigenvalue weighted by Gasteiger charge is 2.07. The number of nitrogens with zero attached hydrogens (tertiary/aromatic N) is 1. The van der Waals surface area contributed by atoms with E-state index in [-0.39, 0.29) is 0 Å². The fourth-order valence-corrected chi connectivity index (χ4v) is 2.02. The lowest BCUT2D eigenvalue weighted by Gasteiger charge is -2.14. The van der Waals surface area contributed by atoms with Crippen molar-refractivity contribution < 1.29 is 4.74 Å². The first-order chi connectivity index (χ1) is 9.11. The molecule has 0 aliphatic heterocycles. The van der Waals surface area contributed by atoms with Gasteiger partial charge in [0.2, 0.25) is 0 Å². The van der Waals surface area contributed by atoms with Gasteiger partial charge in [-0.05, 0) is 49.6 Å². The minimum atomic E-state index is 0.455. The number of nitrogens with two attached hydrogens (primary N) is 1. The van der Waals surface area contributed by atoms with Crippen LogP contribution in [0.1, 0.15) is 28.1 Å². The van der Waals surface area contributed by atoms with Gasteiger partial charge in [-0.15, -0.1) is 0 Å². The van der Waals surface area contributed by atoms with Crippen LogP contribution in [-0.4, -0.2) is 4.98 Å². The van der Waals surface area contributed by atoms with Crippen LogP contribution in [0.4, 0.5) is 0 Å². The summed E-state index contributed by atoms with van der Waals surface area (Å²) in [6.45, 7) is 7.16. The normalized spacial score (nSPS) is 10.5. The lowest BCUT2D eigenvalue weighted by molar-refractivity contribution is 0.296. The van der Waals surface area contributed by atoms with E-state index < -0.39 is 0 Å². The summed E-state index contributed by atoms with van der Waals surface area (Å²) >= 11 is 0. The van der Waals surface area contributed by atoms with Crippen LogP contribution in [0.3, 0.4) is 0 Å². The Balaban J connectivity index is 2.16. The number of aryl methyl sites for hydroxylation is 2. The molecule has 3 nitrogen and oxygen atoms in total. The molecule has 0 spiro atoms. The molecule has 1 aromatic heterocycles. The van der Waals surface area contributed by atoms with Crippen LogP contribution in [-0.2, 0) is 13.2 Å². The third-order valence-corrected chi connectivity index (χ3v) is 3.31. The van der Waals surface area contributed by atoms with E-state index >= 15 is 0 Å². The molecule has 100 valence electrons. The second kappa shape index (κ2) is 5.85. The number of benzene rings is 1. The van der Waals surface area contributed by atoms with E-state index in [4.69, 9.17) is 10.5 Å². The van der Waals surface area contributed by atoms with E-state index in [2.05, 4.69) is 37.9 Å². The molecule has 0 amide bonds. The molecule has 0 aliphatic rings. The lowest BCUT2D eigenvalue weighted by atomic mass is 10.1. The molecule has 0 radical (unpaired) electrons. The summed E-state index contributed by atoms with van der Waals surface area (Å²) in [6, 6.07) is 10.0. The third-order valence-electron chi connectivity index (χ3n) is 3.31. The van der Waals surface area contributed by atoms with Gasteiger partial charge < -0.3 is 10.5 Å². The highest BCUT2D eigenvalue weighted by atomic mass is 16.5. The van der Waals surface area contributed by atoms with Gasteiger partial charge in [0, 0.05) is 6.54 Å². The van der Waals surface area contributed by atoms with Gasteiger partial charge in [-0.1, -0.05) is 18.2 Å². The quantitative estimate of drug-likeness (QED) is 0.914. The van der Waals surface area contributed by atoms with Gasteiger partial charge in [-0.3, -0.25) is 4.98 Å². The van der Waals surface area contributed by atoms with E-state index in [9.17, 15) is 0 Å². The molecule has 0 fully saturated rings. The zero-order chi connectivity index (χ0) is 13.8. The standard InChI is InChI=1S/C16H20N2O/c1-11-7-8-12(2)16(13(11)3)19-10-15-6-4-5-14(9-17)18-15/h4-8H,9-10,17H2,1-3H3. The summed E-state index contributed by atoms with van der Waals surface area (Å²) in [5.74, 6) is 0.958. The molecule has 0 saturated carbocycles. The van der Waals surface area contributed by atoms with Crippen molar-refractivity contribution in [3.05, 3.63) is 58.4 Å². The Morgan fingerprint density at radius 2 is 1.68 bits per heavy atom. The molecule has 0 saturated heterocycles. The topological polar surface area (TPSA) is 48.1 Å². The maximum atomic E-state index is 5.93. The van der Waals surface area contributed by atoms with E-state index in [0.29, 0.717) is 13.2 Å². The summed E-state index contributed by atoms with van der Waals surface area (Å²) in [5, 5.41) is 0. The largest absolute Gasteiger partial charge is 0.487 e. The third kappa shape index (κ3) is 3.12. The van der Waals surface area contributed by atoms with Crippen LogP contribution in [0.25, 0.3) is 0 Å². The fourth-order valence-electron chi connectivity index (χ4n) is 2.02. The number of hydrogen-bond donors (Lipinski definition) is 1. The van der Waals surface area contributed by atoms with E-state index in [1.807, 2.05) is 18.2 Å². The number of aromatic nitrogens is 1. The lowest BCUT2D eigenvalue weighted by Crippen LogP contribution is -2.05. The second-order valence-corrected chi connectivity index (χ2v) is 4.77. The summed E-state index contributed by atoms with van der Waals surface area (Å²) in [5.41, 5.74) is 11.0. The summed E-state index contributed by atoms with van der Waals surface area (Å²) < 4.78 is 5.93. The average molecular weight is 256 g/mol. The number of hydrogen-bond acceptors (Lipinski definition) is 3. The predicted molar refractivity (Wildman–Crippen MR) is 77.1 cm³/mol. The Morgan fingerprint density at radius 1 is 1.00 bits per heavy atom. The Bertz CT molecular complexity index is 579. The van der Waals surface area contributed by atoms with E-state index in [0.717, 1.165) is 22.7 Å². The number of ether oxygens (including phenoxy) is 1. The predicted octanol–water partition coefficient (Wildman–Crippen LogP) is 3.04. The maximum Gasteiger partial charge on any atom is 0.130 e. The highest BCUT2D eigenvalue weighted by Crippen LogP contribution is 2.26. The second-order valence-electron chi connectivity index (χ2n) is 4.77. The van der Waals surface area contributed by atoms with Crippen LogP contribution in [0, 0.1) is 20.8 Å². The van der Waals surface area contributed by atoms with Gasteiger partial charge >= 0.3 is 0 Å². The first kappa shape index (κ1) is 13.6. The summed E-state index contributed by atoms with van der Waals surface area (Å²) in [6.07, 6.45) is 0. The Hall–Kier alpha value is -1.87. The fraction of sp³-hybridized carbons (Fsp3) is 0.312. The van der Waals surface area contributed by atoms with Crippen molar-refractivity contribution in [2.24, 2.45) is 5.73 Å². The first-order valence-corrected chi connectivity index (χ1v) is 6.46. The van der Waals surface area contributed by atoms with Gasteiger partial charge in [0.25, 0.3) is 0 Å². The zero-order valence-electron chi connectivity index (χ0n) is 11.7. The van der Waals surface area contributed by atoms with Gasteiger partial charge in [0.1, 0.15) is 12.4 Å². The molecule has 19 heavy (non-hydrogen) atoms. The van der Waals surface area contributed by atoms with Gasteiger partial charge in [0.05, 0.1) is 11.4 Å². The maximum absolute atomic E-state index is 5.93. The van der Waals surface area contributed by atoms with Crippen molar-refractivity contribution in [2.45, 2.75) is 33.9 Å². The Kier molecular flexibility index (Phi) is 4.17. The van der Waals surface area contributed by atoms with Crippen LogP contribution < -0.4 is 10.5 Å². The van der Waals surface area contributed by atoms with Crippen molar-refractivity contribution in [2.75, 3.05) is 0 Å². The highest BCUT2D eigenvalue weighted by molar-refractivity contribution is 5.44. The molecule has 2 rings (SSSR count). The average Bonchev–Trinajstić information content (AvgIpc) is 2.43. The van der Waals surface area contributed by atoms with Crippen LogP contribution >= 0.6 is 0 Å². The monoisotopic (exact) mass is 256 g/mol. The van der Waals surface area contributed by atoms with Crippen LogP contribution in [0.15, 0.2) is 30.3 Å². The van der Waals surface area contributed by atoms with Gasteiger partial charge in [-0.25, -0.2) is 0 Å². The van der Waals surface area contributed by atoms with Crippen LogP contribution in [0.5, 0.6) is 5.75 Å². The molecule has 1 aromatic carbocycles. The van der Waals surface area contributed by atoms with Crippen LogP contribution in [0.2, 0.25) is 0 Å². The molecule has 0 bridgehead atoms. The number of rotatable bonds is 4. The molecule has 2 aromatic rings. The number of pyridine rings is 1. The molecule has 0 unspecified atom stereocenters. The minimum Gasteiger partial charge on any atom is -0.487 e. The molecule has 0 aliphatic carbocycles. The van der Waals surface area contributed by atoms with Gasteiger partial charge in [-0.2, -0.15) is 0 Å². The van der Waals surface area contributed by atoms with Crippen molar-refractivity contribution in [1.29, 1.82) is 0 Å². The molecule has 1 heterocycles. The molecule has 3 heteroatoms. The zero-order valence-corrected chi connectivity index (χ0v) is 11.7. The Morgan fingerprint density at radius 3 is 2.42 bits per heavy atom. The first-order valence-electron chi connectivity index (χ1n) is 6.46. The molecular weight excluding hydrogens is 236 g/mol. The minimum absolute atomic E-state index is 0.455.